The van der Waals surface area contributed by atoms with Crippen LogP contribution in [0, 0.1) is 0 Å². The second-order valence-corrected chi connectivity index (χ2v) is 5.20. The summed E-state index contributed by atoms with van der Waals surface area (Å²) in [7, 11) is 1.65. The maximum absolute atomic E-state index is 12.2. The monoisotopic (exact) mass is 286 g/mol. The van der Waals surface area contributed by atoms with Crippen molar-refractivity contribution in [1.82, 2.24) is 9.69 Å². The molecule has 0 saturated carbocycles. The summed E-state index contributed by atoms with van der Waals surface area (Å²) in [6, 6.07) is 0.0636. The number of hydrogen-bond donors (Lipinski definition) is 2. The molecular weight excluding hydrogens is 264 g/mol. The molecule has 0 unspecified atom stereocenters. The summed E-state index contributed by atoms with van der Waals surface area (Å²) in [4.78, 5) is 14.2. The highest BCUT2D eigenvalue weighted by atomic mass is 32.1. The van der Waals surface area contributed by atoms with Crippen molar-refractivity contribution in [2.75, 3.05) is 37.4 Å². The van der Waals surface area contributed by atoms with Gasteiger partial charge in [-0.15, -0.1) is 0 Å². The Labute approximate surface area is 118 Å². The third-order valence-corrected chi connectivity index (χ3v) is 3.50. The fraction of sp³-hybridized carbons (Fsp3) is 0.667. The van der Waals surface area contributed by atoms with Crippen LogP contribution in [0.5, 0.6) is 0 Å². The number of carbonyl (C=O) groups excluding carboxylic acids is 1. The van der Waals surface area contributed by atoms with Crippen LogP contribution in [0.2, 0.25) is 0 Å². The van der Waals surface area contributed by atoms with E-state index >= 15 is 0 Å². The number of rotatable bonds is 7. The molecule has 1 rings (SSSR count). The Balaban J connectivity index is 2.97. The van der Waals surface area contributed by atoms with Gasteiger partial charge >= 0.3 is 0 Å². The Bertz CT molecular complexity index is 420. The first-order valence-electron chi connectivity index (χ1n) is 6.31. The van der Waals surface area contributed by atoms with E-state index in [2.05, 4.69) is 9.69 Å². The smallest absolute Gasteiger partial charge is 0.258 e. The quantitative estimate of drug-likeness (QED) is 0.790. The number of methoxy groups -OCH3 is 1. The molecule has 0 atom stereocenters. The fourth-order valence-electron chi connectivity index (χ4n) is 1.66. The fourth-order valence-corrected chi connectivity index (χ4v) is 2.56. The van der Waals surface area contributed by atoms with Gasteiger partial charge in [0.15, 0.2) is 5.82 Å². The van der Waals surface area contributed by atoms with Gasteiger partial charge in [-0.1, -0.05) is 0 Å². The molecule has 0 spiro atoms. The zero-order valence-corrected chi connectivity index (χ0v) is 12.7. The van der Waals surface area contributed by atoms with Crippen molar-refractivity contribution < 1.29 is 9.53 Å². The van der Waals surface area contributed by atoms with E-state index in [9.17, 15) is 4.79 Å². The summed E-state index contributed by atoms with van der Waals surface area (Å²) < 4.78 is 9.18. The molecule has 0 bridgehead atoms. The molecule has 0 aromatic carbocycles. The molecule has 7 heteroatoms. The van der Waals surface area contributed by atoms with Gasteiger partial charge in [0, 0.05) is 26.2 Å². The van der Waals surface area contributed by atoms with Crippen molar-refractivity contribution in [3.8, 4) is 0 Å². The van der Waals surface area contributed by atoms with Crippen molar-refractivity contribution in [1.29, 1.82) is 0 Å². The van der Waals surface area contributed by atoms with Gasteiger partial charge in [0.05, 0.1) is 6.61 Å². The summed E-state index contributed by atoms with van der Waals surface area (Å²) in [6.45, 7) is 7.92. The lowest BCUT2D eigenvalue weighted by Crippen LogP contribution is -2.33. The highest BCUT2D eigenvalue weighted by Gasteiger charge is 2.23. The molecule has 1 heterocycles. The third-order valence-electron chi connectivity index (χ3n) is 2.58. The molecule has 6 nitrogen and oxygen atoms in total. The molecular formula is C12H22N4O2S. The zero-order valence-electron chi connectivity index (χ0n) is 11.9. The number of carbonyl (C=O) groups is 1. The number of nitrogens with zero attached hydrogens (tertiary/aromatic N) is 2. The number of nitrogen functional groups attached to an aromatic ring is 1. The number of aromatic nitrogens is 1. The minimum absolute atomic E-state index is 0.0636. The van der Waals surface area contributed by atoms with Gasteiger partial charge in [-0.25, -0.2) is 0 Å². The number of likely N-dealkylation sites (N-methyl/N-ethyl adjacent to an activating group) is 1. The number of nitrogens with two attached hydrogens (primary N) is 1. The Morgan fingerprint density at radius 1 is 1.58 bits per heavy atom. The lowest BCUT2D eigenvalue weighted by atomic mass is 10.2. The molecule has 0 saturated heterocycles. The Morgan fingerprint density at radius 2 is 2.26 bits per heavy atom. The number of anilines is 2. The molecule has 108 valence electrons. The number of nitrogens with one attached hydrogen (secondary N) is 1. The standard InChI is InChI=1S/C12H22N4O2S/c1-5-16(6-7-18-4)12-9(10(13)15-19-12)11(17)14-8(2)3/h8H,5-7H2,1-4H3,(H2,13,15)(H,14,17). The molecule has 0 aliphatic rings. The van der Waals surface area contributed by atoms with Crippen molar-refractivity contribution >= 4 is 28.3 Å². The average Bonchev–Trinajstić information content (AvgIpc) is 2.71. The Kier molecular flexibility index (Phi) is 6.04. The van der Waals surface area contributed by atoms with Crippen LogP contribution in [0.1, 0.15) is 31.1 Å². The highest BCUT2D eigenvalue weighted by molar-refractivity contribution is 7.11. The van der Waals surface area contributed by atoms with Crippen LogP contribution in [0.15, 0.2) is 0 Å². The van der Waals surface area contributed by atoms with Crippen molar-refractivity contribution in [3.63, 3.8) is 0 Å². The van der Waals surface area contributed by atoms with Crippen LogP contribution in [0.3, 0.4) is 0 Å². The molecule has 1 aromatic rings. The van der Waals surface area contributed by atoms with Gasteiger partial charge in [-0.3, -0.25) is 4.79 Å². The molecule has 3 N–H and O–H groups in total. The summed E-state index contributed by atoms with van der Waals surface area (Å²) in [6.07, 6.45) is 0. The number of amides is 1. The summed E-state index contributed by atoms with van der Waals surface area (Å²) in [5, 5.41) is 3.65. The van der Waals surface area contributed by atoms with Gasteiger partial charge < -0.3 is 20.7 Å². The van der Waals surface area contributed by atoms with Crippen molar-refractivity contribution in [3.05, 3.63) is 5.56 Å². The number of ether oxygens (including phenoxy) is 1. The molecule has 0 radical (unpaired) electrons. The van der Waals surface area contributed by atoms with Crippen LogP contribution >= 0.6 is 11.5 Å². The summed E-state index contributed by atoms with van der Waals surface area (Å²) in [5.41, 5.74) is 6.29. The Morgan fingerprint density at radius 3 is 2.79 bits per heavy atom. The number of hydrogen-bond acceptors (Lipinski definition) is 6. The minimum atomic E-state index is -0.174. The van der Waals surface area contributed by atoms with Crippen LogP contribution in [-0.4, -0.2) is 43.1 Å². The predicted molar refractivity (Wildman–Crippen MR) is 78.9 cm³/mol. The van der Waals surface area contributed by atoms with E-state index < -0.39 is 0 Å². The second-order valence-electron chi connectivity index (χ2n) is 4.45. The van der Waals surface area contributed by atoms with Gasteiger partial charge in [0.25, 0.3) is 5.91 Å². The SMILES string of the molecule is CCN(CCOC)c1snc(N)c1C(=O)NC(C)C. The molecule has 0 aliphatic carbocycles. The van der Waals surface area contributed by atoms with Crippen molar-refractivity contribution in [2.45, 2.75) is 26.8 Å². The maximum Gasteiger partial charge on any atom is 0.258 e. The van der Waals surface area contributed by atoms with E-state index in [1.165, 1.54) is 11.5 Å². The topological polar surface area (TPSA) is 80.5 Å². The Hall–Kier alpha value is -1.34. The summed E-state index contributed by atoms with van der Waals surface area (Å²) in [5.74, 6) is 0.112. The highest BCUT2D eigenvalue weighted by Crippen LogP contribution is 2.30. The molecule has 19 heavy (non-hydrogen) atoms. The molecule has 0 fully saturated rings. The van der Waals surface area contributed by atoms with Gasteiger partial charge in [0.1, 0.15) is 10.6 Å². The van der Waals surface area contributed by atoms with Gasteiger partial charge in [-0.2, -0.15) is 4.37 Å². The molecule has 1 aromatic heterocycles. The van der Waals surface area contributed by atoms with E-state index in [-0.39, 0.29) is 17.8 Å². The molecule has 0 aliphatic heterocycles. The van der Waals surface area contributed by atoms with Gasteiger partial charge in [0.2, 0.25) is 0 Å². The second kappa shape index (κ2) is 7.30. The van der Waals surface area contributed by atoms with Crippen molar-refractivity contribution in [2.24, 2.45) is 0 Å². The maximum atomic E-state index is 12.2. The van der Waals surface area contributed by atoms with Gasteiger partial charge in [-0.05, 0) is 32.3 Å². The normalized spacial score (nSPS) is 10.8. The van der Waals surface area contributed by atoms with E-state index in [0.717, 1.165) is 11.5 Å². The minimum Gasteiger partial charge on any atom is -0.383 e. The largest absolute Gasteiger partial charge is 0.383 e. The average molecular weight is 286 g/mol. The third kappa shape index (κ3) is 4.07. The predicted octanol–water partition coefficient (Wildman–Crippen LogP) is 1.34. The first kappa shape index (κ1) is 15.7. The van der Waals surface area contributed by atoms with Crippen LogP contribution < -0.4 is 16.0 Å². The van der Waals surface area contributed by atoms with E-state index in [0.29, 0.717) is 18.7 Å². The van der Waals surface area contributed by atoms with E-state index in [4.69, 9.17) is 10.5 Å². The van der Waals surface area contributed by atoms with Crippen LogP contribution in [0.25, 0.3) is 0 Å². The van der Waals surface area contributed by atoms with E-state index in [1.807, 2.05) is 25.7 Å². The van der Waals surface area contributed by atoms with Crippen LogP contribution in [-0.2, 0) is 4.74 Å². The lowest BCUT2D eigenvalue weighted by Gasteiger charge is -2.21. The first-order chi connectivity index (χ1) is 9.01. The zero-order chi connectivity index (χ0) is 14.4. The first-order valence-corrected chi connectivity index (χ1v) is 7.08. The van der Waals surface area contributed by atoms with E-state index in [1.54, 1.807) is 7.11 Å². The summed E-state index contributed by atoms with van der Waals surface area (Å²) >= 11 is 1.25. The van der Waals surface area contributed by atoms with Crippen LogP contribution in [0.4, 0.5) is 10.8 Å². The lowest BCUT2D eigenvalue weighted by molar-refractivity contribution is 0.0944. The molecule has 1 amide bonds.